The predicted molar refractivity (Wildman–Crippen MR) is 515 cm³/mol. The molecule has 11 atom stereocenters. The zero-order valence-electron chi connectivity index (χ0n) is 74.2. The van der Waals surface area contributed by atoms with Gasteiger partial charge in [0.15, 0.2) is 0 Å². The summed E-state index contributed by atoms with van der Waals surface area (Å²) in [5.74, 6) is 5.31. The molecule has 12 nitrogen and oxygen atoms in total. The van der Waals surface area contributed by atoms with Crippen LogP contribution < -0.4 is 0 Å². The van der Waals surface area contributed by atoms with Gasteiger partial charge in [-0.2, -0.15) is 0 Å². The Morgan fingerprint density at radius 2 is 0.559 bits per heavy atom. The fraction of sp³-hybridized carbons (Fsp3) is 0.943. The lowest BCUT2D eigenvalue weighted by Gasteiger charge is -2.46. The molecule has 12 heteroatoms. The van der Waals surface area contributed by atoms with Crippen LogP contribution in [0, 0.1) is 84.7 Å². The minimum absolute atomic E-state index is 0. The molecule has 10 fully saturated rings. The summed E-state index contributed by atoms with van der Waals surface area (Å²) in [6.45, 7) is 56.0. The van der Waals surface area contributed by atoms with E-state index in [1.807, 2.05) is 104 Å². The first-order valence-corrected chi connectivity index (χ1v) is 44.3. The molecule has 10 aliphatic carbocycles. The number of hydrogen-bond acceptors (Lipinski definition) is 12. The summed E-state index contributed by atoms with van der Waals surface area (Å²) in [5, 5.41) is 0. The van der Waals surface area contributed by atoms with E-state index in [1.54, 1.807) is 0 Å². The Bertz CT molecular complexity index is 2790. The zero-order chi connectivity index (χ0) is 80.0. The summed E-state index contributed by atoms with van der Waals surface area (Å²) in [4.78, 5) is 73.5. The molecule has 0 aromatic heterocycles. The van der Waals surface area contributed by atoms with Crippen LogP contribution in [0.5, 0.6) is 0 Å². The van der Waals surface area contributed by atoms with E-state index in [9.17, 15) is 28.8 Å². The quantitative estimate of drug-likeness (QED) is 0.0728. The molecule has 6 bridgehead atoms. The van der Waals surface area contributed by atoms with Gasteiger partial charge in [0, 0.05) is 11.3 Å². The molecular weight excluding hydrogens is 1470 g/mol. The molecule has 712 valence electrons. The van der Waals surface area contributed by atoms with Crippen molar-refractivity contribution < 1.29 is 57.2 Å². The number of carbonyl (C=O) groups is 6. The summed E-state index contributed by atoms with van der Waals surface area (Å²) in [7, 11) is 0. The third-order valence-corrected chi connectivity index (χ3v) is 31.2. The molecule has 0 saturated heterocycles. The third-order valence-electron chi connectivity index (χ3n) is 31.2. The van der Waals surface area contributed by atoms with E-state index in [1.165, 1.54) is 161 Å². The van der Waals surface area contributed by atoms with Crippen LogP contribution in [0.15, 0.2) is 0 Å². The predicted octanol–water partition coefficient (Wildman–Crippen LogP) is 33.7. The van der Waals surface area contributed by atoms with Crippen LogP contribution in [0.3, 0.4) is 0 Å². The number of hydrogen-bond donors (Lipinski definition) is 0. The van der Waals surface area contributed by atoms with Gasteiger partial charge in [0.05, 0.1) is 32.5 Å². The maximum Gasteiger partial charge on any atom is 0.312 e. The second-order valence-corrected chi connectivity index (χ2v) is 42.3. The lowest BCUT2D eigenvalue weighted by atomic mass is 9.65. The smallest absolute Gasteiger partial charge is 0.312 e. The van der Waals surface area contributed by atoms with E-state index in [0.717, 1.165) is 120 Å². The van der Waals surface area contributed by atoms with Crippen molar-refractivity contribution in [2.24, 2.45) is 84.7 Å². The Kier molecular flexibility index (Phi) is 58.2. The zero-order valence-corrected chi connectivity index (χ0v) is 74.2. The van der Waals surface area contributed by atoms with Gasteiger partial charge in [0.25, 0.3) is 0 Å². The fourth-order valence-corrected chi connectivity index (χ4v) is 19.4. The summed E-state index contributed by atoms with van der Waals surface area (Å²) >= 11 is 0. The van der Waals surface area contributed by atoms with Gasteiger partial charge < -0.3 is 28.4 Å². The lowest BCUT2D eigenvalue weighted by Crippen LogP contribution is -2.49. The van der Waals surface area contributed by atoms with E-state index >= 15 is 0 Å². The van der Waals surface area contributed by atoms with Crippen LogP contribution in [0.1, 0.15) is 533 Å². The van der Waals surface area contributed by atoms with E-state index < -0.39 is 0 Å². The van der Waals surface area contributed by atoms with Crippen LogP contribution >= 0.6 is 0 Å². The van der Waals surface area contributed by atoms with E-state index in [2.05, 4.69) is 83.1 Å². The van der Waals surface area contributed by atoms with Crippen molar-refractivity contribution >= 4 is 35.8 Å². The molecule has 0 heterocycles. The molecule has 10 rings (SSSR count). The first-order valence-electron chi connectivity index (χ1n) is 44.3. The number of esters is 6. The van der Waals surface area contributed by atoms with Gasteiger partial charge in [0.2, 0.25) is 0 Å². The Hall–Kier alpha value is -3.18. The second kappa shape index (κ2) is 52.7. The monoisotopic (exact) mass is 1680 g/mol. The van der Waals surface area contributed by atoms with Crippen molar-refractivity contribution in [1.29, 1.82) is 0 Å². The topological polar surface area (TPSA) is 158 Å². The summed E-state index contributed by atoms with van der Waals surface area (Å²) in [6, 6.07) is 0. The van der Waals surface area contributed by atoms with E-state index in [-0.39, 0.29) is 202 Å². The maximum atomic E-state index is 12.5. The maximum absolute atomic E-state index is 12.5. The highest BCUT2D eigenvalue weighted by atomic mass is 16.6. The third kappa shape index (κ3) is 33.3. The average molecular weight is 1680 g/mol. The molecule has 0 aromatic rings. The molecular formula is C106H216O12. The van der Waals surface area contributed by atoms with Gasteiger partial charge in [-0.05, 0) is 352 Å². The van der Waals surface area contributed by atoms with Gasteiger partial charge in [-0.25, -0.2) is 0 Å². The van der Waals surface area contributed by atoms with E-state index in [4.69, 9.17) is 28.4 Å². The van der Waals surface area contributed by atoms with Gasteiger partial charge in [0.1, 0.15) is 33.6 Å². The van der Waals surface area contributed by atoms with Gasteiger partial charge in [-0.3, -0.25) is 28.8 Å². The first-order chi connectivity index (χ1) is 48.9. The number of fused-ring (bicyclic) bond motifs is 9. The number of rotatable bonds is 18. The molecule has 10 saturated carbocycles. The molecule has 0 N–H and O–H groups in total. The highest BCUT2D eigenvalue weighted by Crippen LogP contribution is 2.71. The average Bonchev–Trinajstić information content (AvgIpc) is 1.53. The van der Waals surface area contributed by atoms with Gasteiger partial charge in [-0.15, -0.1) is 0 Å². The standard InChI is InChI=1S/C17H28O2.C17H30O2.C17H32O2.C15H28O2.C14H24O2.C14H26O2.12CH4/c1-5-16(2,3)15(18)19-17(4)10-11-9-14(17)13-8-6-7-12(11)13;1-8-14(2,3)13(18)19-17(7)11-12-9-10-16(17,6)15(12,4)5;1-5-16(2,3)15(18)19-17(4)13-11-9-7-6-8-10-12-14-17;1-5-14(2,3)13(16)17-15(4)11-9-7-6-8-10-12-15;1-5-13(2,3)12(15)16-14(4)9-10-6-7-11(14)8-10;1-5-13(2,3)12(15)16-14(4)10-8-6-7-9-11-14;;;;;;;;;;;;/h11-14H,5-10H2,1-4H3;12H,8-11H2,1-7H3;5-14H2,1-4H3;5-12H2,1-4H3;10-11H,5-9H2,1-4H3;5-11H2,1-4H3;12*1H4. The molecule has 11 unspecified atom stereocenters. The van der Waals surface area contributed by atoms with Crippen molar-refractivity contribution in [3.05, 3.63) is 0 Å². The van der Waals surface area contributed by atoms with Gasteiger partial charge >= 0.3 is 35.8 Å². The minimum Gasteiger partial charge on any atom is -0.459 e. The van der Waals surface area contributed by atoms with Crippen molar-refractivity contribution in [2.45, 2.75) is 566 Å². The Labute approximate surface area is 740 Å². The van der Waals surface area contributed by atoms with E-state index in [0.29, 0.717) is 17.8 Å². The van der Waals surface area contributed by atoms with Crippen LogP contribution in [0.4, 0.5) is 0 Å². The van der Waals surface area contributed by atoms with Crippen molar-refractivity contribution in [3.8, 4) is 0 Å². The summed E-state index contributed by atoms with van der Waals surface area (Å²) in [5.41, 5.74) is -2.95. The molecule has 0 radical (unpaired) electrons. The molecule has 0 amide bonds. The van der Waals surface area contributed by atoms with Crippen LogP contribution in [-0.4, -0.2) is 69.4 Å². The normalized spacial score (nSPS) is 28.2. The summed E-state index contributed by atoms with van der Waals surface area (Å²) < 4.78 is 35.5. The Balaban J connectivity index is -0.000000201. The van der Waals surface area contributed by atoms with Crippen LogP contribution in [-0.2, 0) is 57.2 Å². The SMILES string of the molecule is C.C.C.C.C.C.C.C.C.C.C.C.CCC(C)(C)C(=O)OC1(C)CC2CC1C1CCCC21.CCC(C)(C)C(=O)OC1(C)CC2CCC1(C)C2(C)C.CCC(C)(C)C(=O)OC1(C)CC2CCC1C2.CCC(C)(C)C(=O)OC1(C)CCCCCC1.CCC(C)(C)C(=O)OC1(C)CCCCCCC1.CCC(C)(C)C(=O)OC1(C)CCCCCCCCC1. The minimum atomic E-state index is -0.370. The van der Waals surface area contributed by atoms with Crippen molar-refractivity contribution in [3.63, 3.8) is 0 Å². The fourth-order valence-electron chi connectivity index (χ4n) is 19.4. The molecule has 0 aromatic carbocycles. The first kappa shape index (κ1) is 130. The molecule has 0 aliphatic heterocycles. The molecule has 0 spiro atoms. The Morgan fingerprint density at radius 1 is 0.280 bits per heavy atom. The van der Waals surface area contributed by atoms with Crippen molar-refractivity contribution in [2.75, 3.05) is 0 Å². The van der Waals surface area contributed by atoms with Gasteiger partial charge in [-0.1, -0.05) is 222 Å². The largest absolute Gasteiger partial charge is 0.459 e. The highest BCUT2D eigenvalue weighted by molar-refractivity contribution is 5.79. The number of carbonyl (C=O) groups excluding carboxylic acids is 6. The molecule has 10 aliphatic rings. The van der Waals surface area contributed by atoms with Crippen LogP contribution in [0.25, 0.3) is 0 Å². The second-order valence-electron chi connectivity index (χ2n) is 42.3. The Morgan fingerprint density at radius 3 is 0.822 bits per heavy atom. The van der Waals surface area contributed by atoms with Crippen molar-refractivity contribution in [1.82, 2.24) is 0 Å². The summed E-state index contributed by atoms with van der Waals surface area (Å²) in [6.07, 6.45) is 46.5. The van der Waals surface area contributed by atoms with Crippen LogP contribution in [0.2, 0.25) is 0 Å². The highest BCUT2D eigenvalue weighted by Gasteiger charge is 2.69. The number of ether oxygens (including phenoxy) is 6. The lowest BCUT2D eigenvalue weighted by molar-refractivity contribution is -0.185. The molecule has 118 heavy (non-hydrogen) atoms.